The van der Waals surface area contributed by atoms with Crippen molar-refractivity contribution in [1.82, 2.24) is 14.9 Å². The fourth-order valence-electron chi connectivity index (χ4n) is 2.07. The van der Waals surface area contributed by atoms with Crippen molar-refractivity contribution >= 4 is 34.2 Å². The number of ether oxygens (including phenoxy) is 1. The van der Waals surface area contributed by atoms with E-state index in [-0.39, 0.29) is 18.3 Å². The standard InChI is InChI=1S/C14H12BrN3O2.ClH/c15-10-2-3-12-11(8-10)14(19)18(6-7-20-12)9-13-16-4-1-5-17-13;/h1-5,8H,6-7,9H2;1H. The number of aromatic nitrogens is 2. The molecule has 0 radical (unpaired) electrons. The molecular formula is C14H13BrClN3O2. The third kappa shape index (κ3) is 3.51. The Bertz CT molecular complexity index is 639. The highest BCUT2D eigenvalue weighted by Gasteiger charge is 2.24. The Kier molecular flexibility index (Phi) is 5.14. The molecule has 3 rings (SSSR count). The van der Waals surface area contributed by atoms with Crippen LogP contribution in [0.3, 0.4) is 0 Å². The van der Waals surface area contributed by atoms with Crippen molar-refractivity contribution in [3.05, 3.63) is 52.5 Å². The molecule has 0 saturated carbocycles. The Morgan fingerprint density at radius 3 is 2.81 bits per heavy atom. The van der Waals surface area contributed by atoms with Crippen molar-refractivity contribution < 1.29 is 9.53 Å². The molecule has 21 heavy (non-hydrogen) atoms. The molecule has 0 spiro atoms. The maximum Gasteiger partial charge on any atom is 0.258 e. The van der Waals surface area contributed by atoms with E-state index < -0.39 is 0 Å². The number of rotatable bonds is 2. The molecule has 0 bridgehead atoms. The predicted octanol–water partition coefficient (Wildman–Crippen LogP) is 2.70. The van der Waals surface area contributed by atoms with E-state index in [1.807, 2.05) is 6.07 Å². The van der Waals surface area contributed by atoms with Gasteiger partial charge in [0.15, 0.2) is 0 Å². The number of carbonyl (C=O) groups is 1. The first kappa shape index (κ1) is 15.7. The van der Waals surface area contributed by atoms with Gasteiger partial charge in [0, 0.05) is 16.9 Å². The molecule has 1 amide bonds. The second-order valence-corrected chi connectivity index (χ2v) is 5.30. The summed E-state index contributed by atoms with van der Waals surface area (Å²) in [7, 11) is 0. The number of benzene rings is 1. The van der Waals surface area contributed by atoms with Crippen molar-refractivity contribution in [1.29, 1.82) is 0 Å². The molecule has 0 fully saturated rings. The van der Waals surface area contributed by atoms with Crippen LogP contribution in [0.2, 0.25) is 0 Å². The van der Waals surface area contributed by atoms with Gasteiger partial charge in [0.1, 0.15) is 18.2 Å². The van der Waals surface area contributed by atoms with Gasteiger partial charge >= 0.3 is 0 Å². The molecule has 0 N–H and O–H groups in total. The van der Waals surface area contributed by atoms with Crippen LogP contribution in [-0.4, -0.2) is 33.9 Å². The lowest BCUT2D eigenvalue weighted by atomic mass is 10.2. The maximum absolute atomic E-state index is 12.6. The van der Waals surface area contributed by atoms with Crippen molar-refractivity contribution in [2.45, 2.75) is 6.54 Å². The molecule has 5 nitrogen and oxygen atoms in total. The molecule has 1 aliphatic heterocycles. The van der Waals surface area contributed by atoms with E-state index in [0.717, 1.165) is 4.47 Å². The lowest BCUT2D eigenvalue weighted by molar-refractivity contribution is 0.0738. The lowest BCUT2D eigenvalue weighted by Gasteiger charge is -2.18. The van der Waals surface area contributed by atoms with Gasteiger partial charge in [-0.15, -0.1) is 12.4 Å². The fourth-order valence-corrected chi connectivity index (χ4v) is 2.43. The maximum atomic E-state index is 12.6. The second kappa shape index (κ2) is 6.87. The van der Waals surface area contributed by atoms with Crippen LogP contribution in [0.5, 0.6) is 5.75 Å². The number of nitrogens with zero attached hydrogens (tertiary/aromatic N) is 3. The third-order valence-corrected chi connectivity index (χ3v) is 3.52. The fraction of sp³-hybridized carbons (Fsp3) is 0.214. The van der Waals surface area contributed by atoms with E-state index in [0.29, 0.717) is 36.8 Å². The average molecular weight is 371 g/mol. The summed E-state index contributed by atoms with van der Waals surface area (Å²) < 4.78 is 6.47. The topological polar surface area (TPSA) is 55.3 Å². The largest absolute Gasteiger partial charge is 0.491 e. The normalized spacial score (nSPS) is 13.8. The zero-order chi connectivity index (χ0) is 13.9. The monoisotopic (exact) mass is 369 g/mol. The van der Waals surface area contributed by atoms with Crippen molar-refractivity contribution in [2.24, 2.45) is 0 Å². The van der Waals surface area contributed by atoms with Crippen LogP contribution < -0.4 is 4.74 Å². The van der Waals surface area contributed by atoms with Gasteiger partial charge in [-0.1, -0.05) is 15.9 Å². The highest BCUT2D eigenvalue weighted by molar-refractivity contribution is 9.10. The van der Waals surface area contributed by atoms with E-state index in [2.05, 4.69) is 25.9 Å². The zero-order valence-electron chi connectivity index (χ0n) is 11.0. The van der Waals surface area contributed by atoms with Crippen LogP contribution in [0.4, 0.5) is 0 Å². The summed E-state index contributed by atoms with van der Waals surface area (Å²) in [4.78, 5) is 22.6. The van der Waals surface area contributed by atoms with Crippen LogP contribution >= 0.6 is 28.3 Å². The number of carbonyl (C=O) groups excluding carboxylic acids is 1. The minimum absolute atomic E-state index is 0. The van der Waals surface area contributed by atoms with Gasteiger partial charge < -0.3 is 9.64 Å². The second-order valence-electron chi connectivity index (χ2n) is 4.38. The summed E-state index contributed by atoms with van der Waals surface area (Å²) >= 11 is 3.38. The quantitative estimate of drug-likeness (QED) is 0.815. The first-order valence-corrected chi connectivity index (χ1v) is 7.01. The van der Waals surface area contributed by atoms with E-state index in [1.54, 1.807) is 35.5 Å². The van der Waals surface area contributed by atoms with Gasteiger partial charge in [-0.25, -0.2) is 9.97 Å². The van der Waals surface area contributed by atoms with E-state index >= 15 is 0 Å². The molecule has 0 aliphatic carbocycles. The van der Waals surface area contributed by atoms with Crippen molar-refractivity contribution in [3.63, 3.8) is 0 Å². The summed E-state index contributed by atoms with van der Waals surface area (Å²) in [6.45, 7) is 1.37. The molecule has 0 unspecified atom stereocenters. The average Bonchev–Trinajstić information content (AvgIpc) is 2.61. The van der Waals surface area contributed by atoms with Gasteiger partial charge in [0.25, 0.3) is 5.91 Å². The first-order chi connectivity index (χ1) is 9.74. The molecule has 1 aromatic carbocycles. The number of fused-ring (bicyclic) bond motifs is 1. The number of hydrogen-bond donors (Lipinski definition) is 0. The molecule has 2 heterocycles. The number of amides is 1. The van der Waals surface area contributed by atoms with Gasteiger partial charge in [-0.2, -0.15) is 0 Å². The molecule has 7 heteroatoms. The Morgan fingerprint density at radius 2 is 2.05 bits per heavy atom. The van der Waals surface area contributed by atoms with Gasteiger partial charge in [0.05, 0.1) is 18.7 Å². The highest BCUT2D eigenvalue weighted by atomic mass is 79.9. The Labute approximate surface area is 136 Å². The van der Waals surface area contributed by atoms with Crippen molar-refractivity contribution in [2.75, 3.05) is 13.2 Å². The van der Waals surface area contributed by atoms with Crippen molar-refractivity contribution in [3.8, 4) is 5.75 Å². The van der Waals surface area contributed by atoms with Crippen LogP contribution in [0.1, 0.15) is 16.2 Å². The molecule has 1 aromatic heterocycles. The molecular weight excluding hydrogens is 358 g/mol. The molecule has 110 valence electrons. The minimum Gasteiger partial charge on any atom is -0.491 e. The summed E-state index contributed by atoms with van der Waals surface area (Å²) in [5.41, 5.74) is 0.563. The summed E-state index contributed by atoms with van der Waals surface area (Å²) in [5.74, 6) is 1.18. The van der Waals surface area contributed by atoms with Crippen LogP contribution in [0.15, 0.2) is 41.1 Å². The lowest BCUT2D eigenvalue weighted by Crippen LogP contribution is -2.32. The molecule has 0 atom stereocenters. The zero-order valence-corrected chi connectivity index (χ0v) is 13.4. The minimum atomic E-state index is -0.0637. The SMILES string of the molecule is Cl.O=C1c2cc(Br)ccc2OCCN1Cc1ncccn1. The van der Waals surface area contributed by atoms with E-state index in [9.17, 15) is 4.79 Å². The van der Waals surface area contributed by atoms with Crippen LogP contribution in [0, 0.1) is 0 Å². The number of hydrogen-bond acceptors (Lipinski definition) is 4. The van der Waals surface area contributed by atoms with E-state index in [1.165, 1.54) is 0 Å². The van der Waals surface area contributed by atoms with Gasteiger partial charge in [-0.05, 0) is 24.3 Å². The van der Waals surface area contributed by atoms with Crippen LogP contribution in [-0.2, 0) is 6.54 Å². The highest BCUT2D eigenvalue weighted by Crippen LogP contribution is 2.26. The summed E-state index contributed by atoms with van der Waals surface area (Å²) in [6.07, 6.45) is 3.34. The molecule has 1 aliphatic rings. The Balaban J connectivity index is 0.00000161. The molecule has 2 aromatic rings. The molecule has 0 saturated heterocycles. The smallest absolute Gasteiger partial charge is 0.258 e. The predicted molar refractivity (Wildman–Crippen MR) is 83.7 cm³/mol. The summed E-state index contributed by atoms with van der Waals surface area (Å²) in [5, 5.41) is 0. The number of halogens is 2. The summed E-state index contributed by atoms with van der Waals surface area (Å²) in [6, 6.07) is 7.20. The van der Waals surface area contributed by atoms with Crippen LogP contribution in [0.25, 0.3) is 0 Å². The first-order valence-electron chi connectivity index (χ1n) is 6.21. The van der Waals surface area contributed by atoms with Gasteiger partial charge in [0.2, 0.25) is 0 Å². The van der Waals surface area contributed by atoms with E-state index in [4.69, 9.17) is 4.74 Å². The Morgan fingerprint density at radius 1 is 1.29 bits per heavy atom. The van der Waals surface area contributed by atoms with Gasteiger partial charge in [-0.3, -0.25) is 4.79 Å². The third-order valence-electron chi connectivity index (χ3n) is 3.03. The Hall–Kier alpha value is -1.66.